The molecule has 222 valence electrons. The van der Waals surface area contributed by atoms with E-state index in [1.807, 2.05) is 44.2 Å². The molecular weight excluding hydrogens is 565 g/mol. The minimum atomic E-state index is -4.10. The maximum Gasteiger partial charge on any atom is 0.243 e. The summed E-state index contributed by atoms with van der Waals surface area (Å²) in [6.45, 7) is 4.16. The predicted molar refractivity (Wildman–Crippen MR) is 155 cm³/mol. The lowest BCUT2D eigenvalue weighted by Gasteiger charge is -2.37. The fourth-order valence-corrected chi connectivity index (χ4v) is 6.35. The van der Waals surface area contributed by atoms with Crippen LogP contribution in [0, 0.1) is 5.82 Å². The molecule has 0 saturated carbocycles. The highest BCUT2D eigenvalue weighted by Gasteiger charge is 2.38. The SMILES string of the molecule is COc1cccc(OC)c1-n1c(NS(=O)(=O)[C@@H]2C[C@H](OC(C)C)CN(c3ncc(F)cn3)C2)nnc1-c1ccccc1. The van der Waals surface area contributed by atoms with E-state index in [9.17, 15) is 12.8 Å². The number of piperidine rings is 1. The highest BCUT2D eigenvalue weighted by molar-refractivity contribution is 7.93. The van der Waals surface area contributed by atoms with Gasteiger partial charge < -0.3 is 19.1 Å². The average molecular weight is 598 g/mol. The van der Waals surface area contributed by atoms with Gasteiger partial charge in [0.25, 0.3) is 0 Å². The summed E-state index contributed by atoms with van der Waals surface area (Å²) < 4.78 is 63.1. The fourth-order valence-electron chi connectivity index (χ4n) is 4.95. The van der Waals surface area contributed by atoms with Crippen molar-refractivity contribution >= 4 is 21.9 Å². The molecule has 4 aromatic rings. The minimum absolute atomic E-state index is 0.0480. The van der Waals surface area contributed by atoms with Crippen molar-refractivity contribution in [3.63, 3.8) is 0 Å². The predicted octanol–water partition coefficient (Wildman–Crippen LogP) is 3.69. The topological polar surface area (TPSA) is 134 Å². The van der Waals surface area contributed by atoms with Gasteiger partial charge in [-0.3, -0.25) is 9.29 Å². The Kier molecular flexibility index (Phi) is 8.54. The molecule has 1 N–H and O–H groups in total. The standard InChI is InChI=1S/C28H32FN7O5S/c1-18(2)41-21-13-22(17-35(16-21)27-30-14-20(29)15-31-27)42(37,38)34-28-33-32-26(19-9-6-5-7-10-19)36(28)25-23(39-3)11-8-12-24(25)40-4/h5-12,14-15,18,21-22H,13,16-17H2,1-4H3,(H,33,34)/t21-,22+/m0/s1. The van der Waals surface area contributed by atoms with Gasteiger partial charge in [0.2, 0.25) is 21.9 Å². The highest BCUT2D eigenvalue weighted by Crippen LogP contribution is 2.38. The second-order valence-corrected chi connectivity index (χ2v) is 11.9. The van der Waals surface area contributed by atoms with Crippen LogP contribution in [-0.4, -0.2) is 77.9 Å². The Morgan fingerprint density at radius 3 is 2.24 bits per heavy atom. The van der Waals surface area contributed by atoms with Gasteiger partial charge in [0.05, 0.1) is 38.8 Å². The second-order valence-electron chi connectivity index (χ2n) is 9.98. The Morgan fingerprint density at radius 1 is 0.952 bits per heavy atom. The van der Waals surface area contributed by atoms with Crippen molar-refractivity contribution < 1.29 is 27.0 Å². The van der Waals surface area contributed by atoms with Gasteiger partial charge in [-0.05, 0) is 32.4 Å². The molecule has 1 fully saturated rings. The normalized spacial score (nSPS) is 17.3. The van der Waals surface area contributed by atoms with E-state index in [-0.39, 0.29) is 31.0 Å². The molecule has 2 atom stereocenters. The number of anilines is 2. The smallest absolute Gasteiger partial charge is 0.243 e. The van der Waals surface area contributed by atoms with Crippen molar-refractivity contribution in [3.05, 3.63) is 66.7 Å². The number of rotatable bonds is 10. The molecule has 5 rings (SSSR count). The number of methoxy groups -OCH3 is 2. The Morgan fingerprint density at radius 2 is 1.62 bits per heavy atom. The van der Waals surface area contributed by atoms with Crippen molar-refractivity contribution in [1.29, 1.82) is 0 Å². The van der Waals surface area contributed by atoms with E-state index in [0.717, 1.165) is 12.4 Å². The molecule has 3 heterocycles. The Labute approximate surface area is 243 Å². The summed E-state index contributed by atoms with van der Waals surface area (Å²) in [6.07, 6.45) is 1.72. The first-order valence-electron chi connectivity index (χ1n) is 13.3. The number of sulfonamides is 1. The van der Waals surface area contributed by atoms with E-state index < -0.39 is 27.2 Å². The largest absolute Gasteiger partial charge is 0.494 e. The zero-order chi connectivity index (χ0) is 29.9. The van der Waals surface area contributed by atoms with Crippen LogP contribution in [0.25, 0.3) is 17.1 Å². The molecule has 12 nitrogen and oxygen atoms in total. The van der Waals surface area contributed by atoms with Crippen LogP contribution in [0.4, 0.5) is 16.3 Å². The summed E-state index contributed by atoms with van der Waals surface area (Å²) in [4.78, 5) is 9.80. The molecule has 2 aromatic heterocycles. The fraction of sp³-hybridized carbons (Fsp3) is 0.357. The number of para-hydroxylation sites is 1. The summed E-state index contributed by atoms with van der Waals surface area (Å²) in [7, 11) is -1.08. The molecule has 0 unspecified atom stereocenters. The number of nitrogens with zero attached hydrogens (tertiary/aromatic N) is 6. The van der Waals surface area contributed by atoms with E-state index in [1.54, 1.807) is 27.7 Å². The molecule has 42 heavy (non-hydrogen) atoms. The van der Waals surface area contributed by atoms with Crippen LogP contribution in [0.2, 0.25) is 0 Å². The van der Waals surface area contributed by atoms with Crippen LogP contribution in [0.3, 0.4) is 0 Å². The number of benzene rings is 2. The summed E-state index contributed by atoms with van der Waals surface area (Å²) >= 11 is 0. The van der Waals surface area contributed by atoms with Gasteiger partial charge in [0, 0.05) is 18.7 Å². The number of hydrogen-bond acceptors (Lipinski definition) is 10. The highest BCUT2D eigenvalue weighted by atomic mass is 32.2. The lowest BCUT2D eigenvalue weighted by atomic mass is 10.1. The number of aromatic nitrogens is 5. The molecule has 1 aliphatic heterocycles. The molecule has 1 saturated heterocycles. The zero-order valence-electron chi connectivity index (χ0n) is 23.6. The van der Waals surface area contributed by atoms with Crippen molar-refractivity contribution in [2.24, 2.45) is 0 Å². The van der Waals surface area contributed by atoms with Crippen molar-refractivity contribution in [3.8, 4) is 28.6 Å². The summed E-state index contributed by atoms with van der Waals surface area (Å²) in [5.41, 5.74) is 1.13. The van der Waals surface area contributed by atoms with E-state index in [1.165, 1.54) is 14.2 Å². The van der Waals surface area contributed by atoms with Gasteiger partial charge in [0.15, 0.2) is 11.6 Å². The second kappa shape index (κ2) is 12.3. The Hall–Kier alpha value is -4.30. The van der Waals surface area contributed by atoms with Crippen LogP contribution in [0.1, 0.15) is 20.3 Å². The molecule has 2 aromatic carbocycles. The quantitative estimate of drug-likeness (QED) is 0.289. The third-order valence-corrected chi connectivity index (χ3v) is 8.41. The van der Waals surface area contributed by atoms with E-state index in [4.69, 9.17) is 14.2 Å². The molecule has 0 radical (unpaired) electrons. The summed E-state index contributed by atoms with van der Waals surface area (Å²) in [5.74, 6) is 0.804. The molecule has 0 aliphatic carbocycles. The third-order valence-electron chi connectivity index (χ3n) is 6.72. The van der Waals surface area contributed by atoms with Crippen molar-refractivity contribution in [2.45, 2.75) is 37.7 Å². The van der Waals surface area contributed by atoms with E-state index >= 15 is 0 Å². The lowest BCUT2D eigenvalue weighted by molar-refractivity contribution is 0.00147. The van der Waals surface area contributed by atoms with Crippen molar-refractivity contribution in [1.82, 2.24) is 24.7 Å². The Bertz CT molecular complexity index is 1600. The Balaban J connectivity index is 1.56. The molecule has 14 heteroatoms. The molecule has 1 aliphatic rings. The number of nitrogens with one attached hydrogen (secondary N) is 1. The maximum absolute atomic E-state index is 14.0. The summed E-state index contributed by atoms with van der Waals surface area (Å²) in [6, 6.07) is 14.5. The zero-order valence-corrected chi connectivity index (χ0v) is 24.5. The first kappa shape index (κ1) is 29.2. The van der Waals surface area contributed by atoms with Gasteiger partial charge in [-0.15, -0.1) is 10.2 Å². The van der Waals surface area contributed by atoms with Crippen molar-refractivity contribution in [2.75, 3.05) is 36.9 Å². The van der Waals surface area contributed by atoms with Crippen LogP contribution >= 0.6 is 0 Å². The number of ether oxygens (including phenoxy) is 3. The number of hydrogen-bond donors (Lipinski definition) is 1. The monoisotopic (exact) mass is 597 g/mol. The molecule has 0 spiro atoms. The molecular formula is C28H32FN7O5S. The van der Waals surface area contributed by atoms with Gasteiger partial charge in [0.1, 0.15) is 22.4 Å². The first-order valence-corrected chi connectivity index (χ1v) is 14.9. The molecule has 0 bridgehead atoms. The van der Waals surface area contributed by atoms with Crippen LogP contribution < -0.4 is 19.1 Å². The average Bonchev–Trinajstić information content (AvgIpc) is 3.39. The maximum atomic E-state index is 14.0. The van der Waals surface area contributed by atoms with E-state index in [0.29, 0.717) is 35.1 Å². The van der Waals surface area contributed by atoms with Crippen LogP contribution in [0.15, 0.2) is 60.9 Å². The van der Waals surface area contributed by atoms with Gasteiger partial charge in [-0.25, -0.2) is 22.8 Å². The molecule has 0 amide bonds. The number of halogens is 1. The van der Waals surface area contributed by atoms with Gasteiger partial charge in [-0.2, -0.15) is 0 Å². The van der Waals surface area contributed by atoms with Crippen LogP contribution in [0.5, 0.6) is 11.5 Å². The van der Waals surface area contributed by atoms with Crippen LogP contribution in [-0.2, 0) is 14.8 Å². The van der Waals surface area contributed by atoms with Gasteiger partial charge in [-0.1, -0.05) is 36.4 Å². The van der Waals surface area contributed by atoms with E-state index in [2.05, 4.69) is 24.9 Å². The summed E-state index contributed by atoms with van der Waals surface area (Å²) in [5, 5.41) is 7.66. The van der Waals surface area contributed by atoms with Gasteiger partial charge >= 0.3 is 0 Å². The lowest BCUT2D eigenvalue weighted by Crippen LogP contribution is -2.51. The third kappa shape index (κ3) is 6.14. The first-order chi connectivity index (χ1) is 20.2. The minimum Gasteiger partial charge on any atom is -0.494 e.